The molecule has 0 aromatic carbocycles. The Morgan fingerprint density at radius 1 is 1.22 bits per heavy atom. The quantitative estimate of drug-likeness (QED) is 0.523. The predicted molar refractivity (Wildman–Crippen MR) is 128 cm³/mol. The van der Waals surface area contributed by atoms with E-state index in [1.807, 2.05) is 18.7 Å². The fourth-order valence-electron chi connectivity index (χ4n) is 4.13. The van der Waals surface area contributed by atoms with Gasteiger partial charge in [0.15, 0.2) is 11.5 Å². The predicted octanol–water partition coefficient (Wildman–Crippen LogP) is 3.00. The van der Waals surface area contributed by atoms with Crippen molar-refractivity contribution in [3.05, 3.63) is 46.9 Å². The standard InChI is InChI=1S/C22H27F3N8O2.CH4/c1-12-18-20(31(3)19(13(2)35-5)21(34)29-18)28-17(27-12)7-6-14-9-26-33(10-14)11-15-8-16(22(23,24)25)30-32(15)4;/h8-10,13,19H,6-7,11H2,1-5H3,(H,29,34);1H4/t13-,19-;/m0./s1. The van der Waals surface area contributed by atoms with Crippen molar-refractivity contribution < 1.29 is 22.7 Å². The Labute approximate surface area is 207 Å². The van der Waals surface area contributed by atoms with Crippen LogP contribution >= 0.6 is 0 Å². The van der Waals surface area contributed by atoms with Crippen LogP contribution in [0.2, 0.25) is 0 Å². The van der Waals surface area contributed by atoms with E-state index in [4.69, 9.17) is 4.74 Å². The molecule has 0 unspecified atom stereocenters. The Kier molecular flexibility index (Phi) is 7.72. The van der Waals surface area contributed by atoms with E-state index in [1.165, 1.54) is 11.7 Å². The highest BCUT2D eigenvalue weighted by atomic mass is 19.4. The molecule has 0 bridgehead atoms. The molecule has 2 atom stereocenters. The normalized spacial score (nSPS) is 16.4. The molecule has 3 aromatic rings. The maximum Gasteiger partial charge on any atom is 0.435 e. The Bertz CT molecular complexity index is 1240. The number of hydrogen-bond donors (Lipinski definition) is 1. The third kappa shape index (κ3) is 5.35. The van der Waals surface area contributed by atoms with Gasteiger partial charge >= 0.3 is 6.18 Å². The van der Waals surface area contributed by atoms with Crippen molar-refractivity contribution in [2.45, 2.75) is 59.0 Å². The molecule has 1 amide bonds. The van der Waals surface area contributed by atoms with Gasteiger partial charge in [0.2, 0.25) is 5.91 Å². The average molecular weight is 509 g/mol. The zero-order valence-corrected chi connectivity index (χ0v) is 20.1. The molecule has 36 heavy (non-hydrogen) atoms. The molecule has 196 valence electrons. The van der Waals surface area contributed by atoms with Gasteiger partial charge in [-0.25, -0.2) is 9.97 Å². The van der Waals surface area contributed by atoms with Gasteiger partial charge in [0.05, 0.1) is 30.2 Å². The molecule has 13 heteroatoms. The number of methoxy groups -OCH3 is 1. The summed E-state index contributed by atoms with van der Waals surface area (Å²) >= 11 is 0. The summed E-state index contributed by atoms with van der Waals surface area (Å²) in [6, 6.07) is 0.510. The number of carbonyl (C=O) groups is 1. The van der Waals surface area contributed by atoms with Gasteiger partial charge in [-0.05, 0) is 31.9 Å². The molecule has 0 fully saturated rings. The maximum atomic E-state index is 12.9. The number of ether oxygens (including phenoxy) is 1. The first-order chi connectivity index (χ1) is 16.5. The lowest BCUT2D eigenvalue weighted by Crippen LogP contribution is -2.53. The summed E-state index contributed by atoms with van der Waals surface area (Å²) in [5, 5.41) is 10.7. The number of rotatable bonds is 7. The first-order valence-electron chi connectivity index (χ1n) is 11.0. The second kappa shape index (κ2) is 10.2. The molecule has 0 radical (unpaired) electrons. The number of halogens is 3. The topological polar surface area (TPSA) is 103 Å². The monoisotopic (exact) mass is 508 g/mol. The molecule has 4 heterocycles. The van der Waals surface area contributed by atoms with Crippen LogP contribution in [0.15, 0.2) is 18.5 Å². The lowest BCUT2D eigenvalue weighted by atomic mass is 10.1. The molecule has 1 aliphatic rings. The summed E-state index contributed by atoms with van der Waals surface area (Å²) < 4.78 is 46.9. The Hall–Kier alpha value is -3.48. The molecular formula is C23H31F3N8O2. The Morgan fingerprint density at radius 2 is 1.94 bits per heavy atom. The smallest absolute Gasteiger partial charge is 0.379 e. The van der Waals surface area contributed by atoms with E-state index in [-0.39, 0.29) is 26.0 Å². The highest BCUT2D eigenvalue weighted by Crippen LogP contribution is 2.33. The van der Waals surface area contributed by atoms with Crippen molar-refractivity contribution in [3.8, 4) is 0 Å². The van der Waals surface area contributed by atoms with Crippen LogP contribution in [0.5, 0.6) is 0 Å². The van der Waals surface area contributed by atoms with Crippen LogP contribution < -0.4 is 10.2 Å². The minimum Gasteiger partial charge on any atom is -0.379 e. The minimum atomic E-state index is -4.49. The number of hydrogen-bond acceptors (Lipinski definition) is 7. The molecular weight excluding hydrogens is 477 g/mol. The Morgan fingerprint density at radius 3 is 2.58 bits per heavy atom. The minimum absolute atomic E-state index is 0. The summed E-state index contributed by atoms with van der Waals surface area (Å²) in [7, 11) is 4.84. The van der Waals surface area contributed by atoms with Gasteiger partial charge in [-0.15, -0.1) is 0 Å². The summed E-state index contributed by atoms with van der Waals surface area (Å²) in [5.41, 5.74) is 1.62. The SMILES string of the molecule is C.CO[C@@H](C)[C@H]1C(=O)Nc2c(C)nc(CCc3cnn(Cc4cc(C(F)(F)F)nn4C)c3)nc2N1C. The highest BCUT2D eigenvalue weighted by Gasteiger charge is 2.37. The number of nitrogens with one attached hydrogen (secondary N) is 1. The van der Waals surface area contributed by atoms with Crippen LogP contribution in [0.4, 0.5) is 24.7 Å². The van der Waals surface area contributed by atoms with Crippen LogP contribution in [-0.2, 0) is 42.1 Å². The van der Waals surface area contributed by atoms with Gasteiger partial charge in [-0.3, -0.25) is 14.2 Å². The first kappa shape index (κ1) is 27.1. The van der Waals surface area contributed by atoms with Crippen LogP contribution in [0.25, 0.3) is 0 Å². The molecule has 0 spiro atoms. The summed E-state index contributed by atoms with van der Waals surface area (Å²) in [6.45, 7) is 3.81. The molecule has 1 N–H and O–H groups in total. The zero-order valence-electron chi connectivity index (χ0n) is 20.1. The van der Waals surface area contributed by atoms with E-state index < -0.39 is 17.9 Å². The van der Waals surface area contributed by atoms with Crippen molar-refractivity contribution in [2.75, 3.05) is 24.4 Å². The second-order valence-corrected chi connectivity index (χ2v) is 8.60. The van der Waals surface area contributed by atoms with Crippen molar-refractivity contribution >= 4 is 17.4 Å². The van der Waals surface area contributed by atoms with E-state index in [0.717, 1.165) is 11.6 Å². The van der Waals surface area contributed by atoms with Crippen LogP contribution in [0.1, 0.15) is 42.8 Å². The summed E-state index contributed by atoms with van der Waals surface area (Å²) in [5.74, 6) is 1.08. The van der Waals surface area contributed by atoms with E-state index in [1.54, 1.807) is 31.2 Å². The summed E-state index contributed by atoms with van der Waals surface area (Å²) in [6.07, 6.45) is -0.245. The fourth-order valence-corrected chi connectivity index (χ4v) is 4.13. The van der Waals surface area contributed by atoms with Gasteiger partial charge in [0, 0.05) is 33.8 Å². The van der Waals surface area contributed by atoms with Crippen LogP contribution in [0, 0.1) is 6.92 Å². The van der Waals surface area contributed by atoms with E-state index in [9.17, 15) is 18.0 Å². The second-order valence-electron chi connectivity index (χ2n) is 8.60. The average Bonchev–Trinajstić information content (AvgIpc) is 3.39. The molecule has 0 saturated heterocycles. The number of amides is 1. The molecule has 1 aliphatic heterocycles. The van der Waals surface area contributed by atoms with E-state index >= 15 is 0 Å². The number of alkyl halides is 3. The fraction of sp³-hybridized carbons (Fsp3) is 0.522. The number of fused-ring (bicyclic) bond motifs is 1. The van der Waals surface area contributed by atoms with Gasteiger partial charge in [0.1, 0.15) is 17.6 Å². The molecule has 4 rings (SSSR count). The maximum absolute atomic E-state index is 12.9. The number of nitrogens with zero attached hydrogens (tertiary/aromatic N) is 7. The number of anilines is 2. The number of aryl methyl sites for hydroxylation is 4. The highest BCUT2D eigenvalue weighted by molar-refractivity contribution is 6.03. The largest absolute Gasteiger partial charge is 0.435 e. The van der Waals surface area contributed by atoms with E-state index in [0.29, 0.717) is 41.6 Å². The van der Waals surface area contributed by atoms with E-state index in [2.05, 4.69) is 25.5 Å². The van der Waals surface area contributed by atoms with Crippen molar-refractivity contribution in [2.24, 2.45) is 7.05 Å². The number of aromatic nitrogens is 6. The Balaban J connectivity index is 0.00000361. The van der Waals surface area contributed by atoms with Gasteiger partial charge in [0.25, 0.3) is 0 Å². The van der Waals surface area contributed by atoms with Crippen molar-refractivity contribution in [1.82, 2.24) is 29.5 Å². The lowest BCUT2D eigenvalue weighted by Gasteiger charge is -2.37. The zero-order chi connectivity index (χ0) is 25.5. The van der Waals surface area contributed by atoms with Crippen molar-refractivity contribution in [3.63, 3.8) is 0 Å². The van der Waals surface area contributed by atoms with Gasteiger partial charge in [-0.1, -0.05) is 7.43 Å². The molecule has 3 aromatic heterocycles. The van der Waals surface area contributed by atoms with Crippen molar-refractivity contribution in [1.29, 1.82) is 0 Å². The number of likely N-dealkylation sites (N-methyl/N-ethyl adjacent to an activating group) is 1. The lowest BCUT2D eigenvalue weighted by molar-refractivity contribution is -0.141. The third-order valence-corrected chi connectivity index (χ3v) is 6.12. The summed E-state index contributed by atoms with van der Waals surface area (Å²) in [4.78, 5) is 23.6. The van der Waals surface area contributed by atoms with Crippen LogP contribution in [0.3, 0.4) is 0 Å². The van der Waals surface area contributed by atoms with Gasteiger partial charge in [-0.2, -0.15) is 23.4 Å². The van der Waals surface area contributed by atoms with Crippen LogP contribution in [-0.4, -0.2) is 61.7 Å². The molecule has 0 saturated carbocycles. The first-order valence-corrected chi connectivity index (χ1v) is 11.0. The number of carbonyl (C=O) groups excluding carboxylic acids is 1. The van der Waals surface area contributed by atoms with Gasteiger partial charge < -0.3 is 15.0 Å². The molecule has 10 nitrogen and oxygen atoms in total. The molecule has 0 aliphatic carbocycles. The third-order valence-electron chi connectivity index (χ3n) is 6.12.